The largest absolute Gasteiger partial charge is 0.494 e. The molecular formula is C18H18N4O5S. The number of amides is 2. The van der Waals surface area contributed by atoms with Gasteiger partial charge in [-0.1, -0.05) is 6.92 Å². The molecular weight excluding hydrogens is 384 g/mol. The highest BCUT2D eigenvalue weighted by Gasteiger charge is 2.11. The van der Waals surface area contributed by atoms with E-state index < -0.39 is 16.7 Å². The molecule has 0 spiro atoms. The van der Waals surface area contributed by atoms with Gasteiger partial charge in [0.05, 0.1) is 11.5 Å². The average Bonchev–Trinajstić information content (AvgIpc) is 2.70. The number of benzene rings is 2. The number of rotatable bonds is 6. The van der Waals surface area contributed by atoms with Crippen molar-refractivity contribution in [3.05, 3.63) is 69.8 Å². The summed E-state index contributed by atoms with van der Waals surface area (Å²) in [5.41, 5.74) is 5.13. The minimum absolute atomic E-state index is 0.105. The third-order valence-corrected chi connectivity index (χ3v) is 3.65. The van der Waals surface area contributed by atoms with Crippen LogP contribution in [0.25, 0.3) is 0 Å². The van der Waals surface area contributed by atoms with E-state index in [2.05, 4.69) is 16.2 Å². The summed E-state index contributed by atoms with van der Waals surface area (Å²) in [4.78, 5) is 34.2. The summed E-state index contributed by atoms with van der Waals surface area (Å²) in [6.45, 7) is 2.59. The van der Waals surface area contributed by atoms with Gasteiger partial charge >= 0.3 is 0 Å². The van der Waals surface area contributed by atoms with Crippen LogP contribution in [0.15, 0.2) is 48.5 Å². The van der Waals surface area contributed by atoms with Gasteiger partial charge < -0.3 is 4.74 Å². The molecule has 0 saturated carbocycles. The molecule has 2 rings (SSSR count). The number of nitrogens with zero attached hydrogens (tertiary/aromatic N) is 1. The number of nitro groups is 1. The molecule has 0 saturated heterocycles. The normalized spacial score (nSPS) is 9.89. The first-order valence-electron chi connectivity index (χ1n) is 8.29. The van der Waals surface area contributed by atoms with Gasteiger partial charge in [0, 0.05) is 23.3 Å². The molecule has 0 heterocycles. The van der Waals surface area contributed by atoms with Crippen LogP contribution in [-0.4, -0.2) is 28.5 Å². The van der Waals surface area contributed by atoms with Crippen LogP contribution in [-0.2, 0) is 0 Å². The van der Waals surface area contributed by atoms with Crippen molar-refractivity contribution in [2.24, 2.45) is 0 Å². The molecule has 0 aliphatic carbocycles. The Kier molecular flexibility index (Phi) is 7.40. The van der Waals surface area contributed by atoms with Crippen molar-refractivity contribution in [1.82, 2.24) is 16.2 Å². The van der Waals surface area contributed by atoms with Crippen LogP contribution in [0.4, 0.5) is 5.69 Å². The molecule has 0 fully saturated rings. The lowest BCUT2D eigenvalue weighted by molar-refractivity contribution is -0.384. The van der Waals surface area contributed by atoms with E-state index in [1.165, 1.54) is 24.3 Å². The number of hydrogen-bond acceptors (Lipinski definition) is 6. The maximum atomic E-state index is 12.1. The predicted octanol–water partition coefficient (Wildman–Crippen LogP) is 2.33. The molecule has 0 unspecified atom stereocenters. The zero-order valence-corrected chi connectivity index (χ0v) is 15.7. The highest BCUT2D eigenvalue weighted by atomic mass is 32.1. The van der Waals surface area contributed by atoms with Crippen molar-refractivity contribution in [2.45, 2.75) is 13.3 Å². The molecule has 2 aromatic rings. The predicted molar refractivity (Wildman–Crippen MR) is 106 cm³/mol. The Labute approximate surface area is 166 Å². The Hall–Kier alpha value is -3.53. The topological polar surface area (TPSA) is 123 Å². The lowest BCUT2D eigenvalue weighted by Crippen LogP contribution is -2.48. The molecule has 9 nitrogen and oxygen atoms in total. The third-order valence-electron chi connectivity index (χ3n) is 3.45. The summed E-state index contributed by atoms with van der Waals surface area (Å²) >= 11 is 4.96. The fraction of sp³-hybridized carbons (Fsp3) is 0.167. The van der Waals surface area contributed by atoms with E-state index in [9.17, 15) is 19.7 Å². The van der Waals surface area contributed by atoms with Gasteiger partial charge in [-0.05, 0) is 55.0 Å². The van der Waals surface area contributed by atoms with Gasteiger partial charge in [-0.2, -0.15) is 0 Å². The number of nitrogens with one attached hydrogen (secondary N) is 3. The molecule has 0 atom stereocenters. The maximum absolute atomic E-state index is 12.1. The number of carbonyl (C=O) groups excluding carboxylic acids is 2. The fourth-order valence-electron chi connectivity index (χ4n) is 2.05. The van der Waals surface area contributed by atoms with Gasteiger partial charge in [-0.15, -0.1) is 0 Å². The quantitative estimate of drug-likeness (QED) is 0.385. The minimum Gasteiger partial charge on any atom is -0.494 e. The van der Waals surface area contributed by atoms with Crippen molar-refractivity contribution in [3.8, 4) is 5.75 Å². The Morgan fingerprint density at radius 1 is 1.00 bits per heavy atom. The monoisotopic (exact) mass is 402 g/mol. The summed E-state index contributed by atoms with van der Waals surface area (Å²) in [7, 11) is 0. The van der Waals surface area contributed by atoms with E-state index in [1.807, 2.05) is 6.92 Å². The Bertz CT molecular complexity index is 869. The highest BCUT2D eigenvalue weighted by Crippen LogP contribution is 2.13. The van der Waals surface area contributed by atoms with Crippen LogP contribution in [0.2, 0.25) is 0 Å². The van der Waals surface area contributed by atoms with Crippen molar-refractivity contribution in [2.75, 3.05) is 6.61 Å². The average molecular weight is 402 g/mol. The Balaban J connectivity index is 1.83. The molecule has 146 valence electrons. The number of non-ortho nitro benzene ring substituents is 1. The summed E-state index contributed by atoms with van der Waals surface area (Å²) < 4.78 is 5.44. The summed E-state index contributed by atoms with van der Waals surface area (Å²) in [6.07, 6.45) is 0.883. The number of carbonyl (C=O) groups is 2. The van der Waals surface area contributed by atoms with Crippen LogP contribution < -0.4 is 20.9 Å². The van der Waals surface area contributed by atoms with Crippen LogP contribution in [0, 0.1) is 10.1 Å². The van der Waals surface area contributed by atoms with Crippen molar-refractivity contribution < 1.29 is 19.2 Å². The van der Waals surface area contributed by atoms with Crippen LogP contribution in [0.5, 0.6) is 5.75 Å². The van der Waals surface area contributed by atoms with Crippen molar-refractivity contribution >= 4 is 34.8 Å². The van der Waals surface area contributed by atoms with Gasteiger partial charge in [0.15, 0.2) is 5.11 Å². The van der Waals surface area contributed by atoms with Gasteiger partial charge in [0.1, 0.15) is 5.75 Å². The lowest BCUT2D eigenvalue weighted by atomic mass is 10.2. The number of nitro benzene ring substituents is 1. The van der Waals surface area contributed by atoms with Crippen LogP contribution in [0.1, 0.15) is 34.1 Å². The Morgan fingerprint density at radius 3 is 2.14 bits per heavy atom. The molecule has 0 radical (unpaired) electrons. The van der Waals surface area contributed by atoms with Gasteiger partial charge in [-0.3, -0.25) is 35.9 Å². The van der Waals surface area contributed by atoms with Crippen molar-refractivity contribution in [1.29, 1.82) is 0 Å². The number of hydrogen-bond donors (Lipinski definition) is 3. The third kappa shape index (κ3) is 6.02. The smallest absolute Gasteiger partial charge is 0.269 e. The standard InChI is InChI=1S/C18H18N4O5S/c1-2-11-27-15-9-5-12(6-10-15)16(23)19-18(28)21-20-17(24)13-3-7-14(8-4-13)22(25)26/h3-10H,2,11H2,1H3,(H,20,24)(H2,19,21,23,28). The van der Waals surface area contributed by atoms with E-state index in [4.69, 9.17) is 17.0 Å². The molecule has 2 aromatic carbocycles. The molecule has 0 aromatic heterocycles. The summed E-state index contributed by atoms with van der Waals surface area (Å²) in [6, 6.07) is 11.6. The Morgan fingerprint density at radius 2 is 1.57 bits per heavy atom. The molecule has 0 bridgehead atoms. The van der Waals surface area contributed by atoms with Gasteiger partial charge in [-0.25, -0.2) is 0 Å². The SMILES string of the molecule is CCCOc1ccc(C(=O)NC(=S)NNC(=O)c2ccc([N+](=O)[O-])cc2)cc1. The zero-order chi connectivity index (χ0) is 20.5. The number of hydrazine groups is 1. The second-order valence-electron chi connectivity index (χ2n) is 5.54. The van der Waals surface area contributed by atoms with Crippen LogP contribution in [0.3, 0.4) is 0 Å². The first kappa shape index (κ1) is 20.8. The molecule has 10 heteroatoms. The molecule has 3 N–H and O–H groups in total. The lowest BCUT2D eigenvalue weighted by Gasteiger charge is -2.11. The van der Waals surface area contributed by atoms with Crippen molar-refractivity contribution in [3.63, 3.8) is 0 Å². The van der Waals surface area contributed by atoms with E-state index in [0.717, 1.165) is 6.42 Å². The van der Waals surface area contributed by atoms with E-state index >= 15 is 0 Å². The summed E-state index contributed by atoms with van der Waals surface area (Å²) in [5, 5.41) is 12.9. The number of ether oxygens (including phenoxy) is 1. The first-order chi connectivity index (χ1) is 13.4. The molecule has 0 aliphatic rings. The molecule has 28 heavy (non-hydrogen) atoms. The zero-order valence-electron chi connectivity index (χ0n) is 14.9. The van der Waals surface area contributed by atoms with E-state index in [1.54, 1.807) is 24.3 Å². The van der Waals surface area contributed by atoms with E-state index in [-0.39, 0.29) is 16.4 Å². The summed E-state index contributed by atoms with van der Waals surface area (Å²) in [5.74, 6) is -0.359. The second-order valence-corrected chi connectivity index (χ2v) is 5.95. The highest BCUT2D eigenvalue weighted by molar-refractivity contribution is 7.80. The molecule has 2 amide bonds. The van der Waals surface area contributed by atoms with Crippen LogP contribution >= 0.6 is 12.2 Å². The minimum atomic E-state index is -0.566. The van der Waals surface area contributed by atoms with Gasteiger partial charge in [0.25, 0.3) is 17.5 Å². The molecule has 0 aliphatic heterocycles. The number of thiocarbonyl (C=S) groups is 1. The maximum Gasteiger partial charge on any atom is 0.269 e. The first-order valence-corrected chi connectivity index (χ1v) is 8.70. The fourth-order valence-corrected chi connectivity index (χ4v) is 2.19. The second kappa shape index (κ2) is 9.97. The van der Waals surface area contributed by atoms with Gasteiger partial charge in [0.2, 0.25) is 0 Å². The van der Waals surface area contributed by atoms with E-state index in [0.29, 0.717) is 17.9 Å².